The molecule has 0 bridgehead atoms. The number of carbonyl (C=O) groups is 1. The molecule has 2 aromatic carbocycles. The number of aryl methyl sites for hydroxylation is 1. The van der Waals surface area contributed by atoms with E-state index in [1.54, 1.807) is 4.90 Å². The smallest absolute Gasteiger partial charge is 0.231 e. The molecule has 4 heteroatoms. The number of hydrogen-bond acceptors (Lipinski definition) is 2. The number of anilines is 1. The molecular weight excluding hydrogens is 298 g/mol. The lowest BCUT2D eigenvalue weighted by Gasteiger charge is -2.17. The van der Waals surface area contributed by atoms with Crippen LogP contribution in [0.2, 0.25) is 0 Å². The number of benzene rings is 2. The summed E-state index contributed by atoms with van der Waals surface area (Å²) in [5.41, 5.74) is 4.80. The molecule has 0 atom stereocenters. The fraction of sp³-hybridized carbons (Fsp3) is 0.200. The highest BCUT2D eigenvalue weighted by molar-refractivity contribution is 5.94. The summed E-state index contributed by atoms with van der Waals surface area (Å²) in [4.78, 5) is 14.3. The van der Waals surface area contributed by atoms with E-state index in [4.69, 9.17) is 0 Å². The second-order valence-electron chi connectivity index (χ2n) is 5.86. The molecule has 1 amide bonds. The third-order valence-electron chi connectivity index (χ3n) is 4.29. The molecule has 24 heavy (non-hydrogen) atoms. The third-order valence-corrected chi connectivity index (χ3v) is 4.29. The molecule has 4 nitrogen and oxygen atoms in total. The zero-order valence-electron chi connectivity index (χ0n) is 14.2. The van der Waals surface area contributed by atoms with Gasteiger partial charge in [-0.3, -0.25) is 4.79 Å². The van der Waals surface area contributed by atoms with Gasteiger partial charge in [-0.15, -0.1) is 0 Å². The molecule has 0 aliphatic rings. The van der Waals surface area contributed by atoms with Crippen LogP contribution < -0.4 is 4.90 Å². The van der Waals surface area contributed by atoms with Crippen molar-refractivity contribution in [3.05, 3.63) is 77.6 Å². The van der Waals surface area contributed by atoms with E-state index in [-0.39, 0.29) is 5.91 Å². The number of rotatable bonds is 4. The number of nitrogens with zero attached hydrogens (tertiary/aromatic N) is 3. The first-order chi connectivity index (χ1) is 11.6. The van der Waals surface area contributed by atoms with Crippen LogP contribution in [0.1, 0.15) is 17.0 Å². The fourth-order valence-corrected chi connectivity index (χ4v) is 2.82. The molecule has 0 aliphatic heterocycles. The lowest BCUT2D eigenvalue weighted by Crippen LogP contribution is -2.28. The van der Waals surface area contributed by atoms with E-state index in [2.05, 4.69) is 5.10 Å². The van der Waals surface area contributed by atoms with Gasteiger partial charge in [0.05, 0.1) is 17.8 Å². The minimum Gasteiger partial charge on any atom is -0.315 e. The van der Waals surface area contributed by atoms with Crippen molar-refractivity contribution >= 4 is 11.6 Å². The predicted octanol–water partition coefficient (Wildman–Crippen LogP) is 3.69. The first-order valence-electron chi connectivity index (χ1n) is 8.00. The van der Waals surface area contributed by atoms with Gasteiger partial charge in [0, 0.05) is 24.0 Å². The maximum atomic E-state index is 12.7. The van der Waals surface area contributed by atoms with E-state index in [0.29, 0.717) is 6.42 Å². The van der Waals surface area contributed by atoms with Crippen molar-refractivity contribution in [1.82, 2.24) is 9.78 Å². The quantitative estimate of drug-likeness (QED) is 0.735. The number of hydrogen-bond donors (Lipinski definition) is 0. The molecule has 0 saturated carbocycles. The summed E-state index contributed by atoms with van der Waals surface area (Å²) < 4.78 is 1.90. The van der Waals surface area contributed by atoms with Crippen molar-refractivity contribution in [2.24, 2.45) is 0 Å². The Morgan fingerprint density at radius 1 is 1.00 bits per heavy atom. The van der Waals surface area contributed by atoms with Crippen molar-refractivity contribution < 1.29 is 4.79 Å². The van der Waals surface area contributed by atoms with Gasteiger partial charge >= 0.3 is 0 Å². The molecule has 1 heterocycles. The summed E-state index contributed by atoms with van der Waals surface area (Å²) in [6.07, 6.45) is 0.343. The van der Waals surface area contributed by atoms with Crippen molar-refractivity contribution in [3.63, 3.8) is 0 Å². The molecule has 0 N–H and O–H groups in total. The topological polar surface area (TPSA) is 38.1 Å². The van der Waals surface area contributed by atoms with Crippen LogP contribution in [0.3, 0.4) is 0 Å². The van der Waals surface area contributed by atoms with Gasteiger partial charge in [-0.05, 0) is 38.1 Å². The molecule has 0 fully saturated rings. The highest BCUT2D eigenvalue weighted by Crippen LogP contribution is 2.20. The van der Waals surface area contributed by atoms with E-state index in [9.17, 15) is 4.79 Å². The number of carbonyl (C=O) groups excluding carboxylic acids is 1. The lowest BCUT2D eigenvalue weighted by atomic mass is 10.1. The zero-order chi connectivity index (χ0) is 17.1. The Hall–Kier alpha value is -2.88. The SMILES string of the molecule is Cc1nn(-c2ccccc2)c(C)c1CC(=O)N(C)c1ccccc1. The van der Waals surface area contributed by atoms with Crippen LogP contribution in [0.25, 0.3) is 5.69 Å². The van der Waals surface area contributed by atoms with Crippen LogP contribution in [-0.2, 0) is 11.2 Å². The Balaban J connectivity index is 1.86. The zero-order valence-corrected chi connectivity index (χ0v) is 14.2. The van der Waals surface area contributed by atoms with E-state index >= 15 is 0 Å². The molecule has 0 saturated heterocycles. The molecule has 1 aromatic heterocycles. The van der Waals surface area contributed by atoms with Gasteiger partial charge in [0.25, 0.3) is 0 Å². The lowest BCUT2D eigenvalue weighted by molar-refractivity contribution is -0.117. The molecule has 0 radical (unpaired) electrons. The Bertz CT molecular complexity index is 838. The van der Waals surface area contributed by atoms with Gasteiger partial charge in [0.15, 0.2) is 0 Å². The van der Waals surface area contributed by atoms with Crippen LogP contribution in [0.15, 0.2) is 60.7 Å². The third kappa shape index (κ3) is 3.08. The first-order valence-corrected chi connectivity index (χ1v) is 8.00. The molecule has 122 valence electrons. The second kappa shape index (κ2) is 6.71. The van der Waals surface area contributed by atoms with Crippen LogP contribution in [0.4, 0.5) is 5.69 Å². The molecule has 3 rings (SSSR count). The van der Waals surface area contributed by atoms with Crippen molar-refractivity contribution in [2.45, 2.75) is 20.3 Å². The molecule has 3 aromatic rings. The van der Waals surface area contributed by atoms with E-state index < -0.39 is 0 Å². The molecule has 0 unspecified atom stereocenters. The average molecular weight is 319 g/mol. The maximum absolute atomic E-state index is 12.7. The number of amides is 1. The summed E-state index contributed by atoms with van der Waals surface area (Å²) >= 11 is 0. The Morgan fingerprint density at radius 2 is 1.58 bits per heavy atom. The van der Waals surface area contributed by atoms with Gasteiger partial charge in [-0.1, -0.05) is 36.4 Å². The van der Waals surface area contributed by atoms with Crippen molar-refractivity contribution in [1.29, 1.82) is 0 Å². The molecular formula is C20H21N3O. The summed E-state index contributed by atoms with van der Waals surface area (Å²) in [7, 11) is 1.81. The van der Waals surface area contributed by atoms with E-state index in [1.165, 1.54) is 0 Å². The van der Waals surface area contributed by atoms with Crippen LogP contribution in [0.5, 0.6) is 0 Å². The Morgan fingerprint density at radius 3 is 2.21 bits per heavy atom. The van der Waals surface area contributed by atoms with Crippen LogP contribution >= 0.6 is 0 Å². The number of aromatic nitrogens is 2. The Labute approximate surface area is 142 Å². The standard InChI is InChI=1S/C20H21N3O/c1-15-19(14-20(24)22(3)17-10-6-4-7-11-17)16(2)23(21-15)18-12-8-5-9-13-18/h4-13H,14H2,1-3H3. The highest BCUT2D eigenvalue weighted by atomic mass is 16.2. The fourth-order valence-electron chi connectivity index (χ4n) is 2.82. The second-order valence-corrected chi connectivity index (χ2v) is 5.86. The minimum atomic E-state index is 0.0556. The van der Waals surface area contributed by atoms with Gasteiger partial charge in [-0.2, -0.15) is 5.10 Å². The van der Waals surface area contributed by atoms with E-state index in [1.807, 2.05) is 86.2 Å². The summed E-state index contributed by atoms with van der Waals surface area (Å²) in [5.74, 6) is 0.0556. The van der Waals surface area contributed by atoms with E-state index in [0.717, 1.165) is 28.3 Å². The molecule has 0 aliphatic carbocycles. The normalized spacial score (nSPS) is 10.6. The van der Waals surface area contributed by atoms with Crippen molar-refractivity contribution in [2.75, 3.05) is 11.9 Å². The van der Waals surface area contributed by atoms with Gasteiger partial charge < -0.3 is 4.90 Å². The van der Waals surface area contributed by atoms with Crippen molar-refractivity contribution in [3.8, 4) is 5.69 Å². The van der Waals surface area contributed by atoms with Gasteiger partial charge in [0.2, 0.25) is 5.91 Å². The maximum Gasteiger partial charge on any atom is 0.231 e. The van der Waals surface area contributed by atoms with Gasteiger partial charge in [0.1, 0.15) is 0 Å². The summed E-state index contributed by atoms with van der Waals surface area (Å²) in [6.45, 7) is 3.97. The van der Waals surface area contributed by atoms with Gasteiger partial charge in [-0.25, -0.2) is 4.68 Å². The Kier molecular flexibility index (Phi) is 4.47. The minimum absolute atomic E-state index is 0.0556. The van der Waals surface area contributed by atoms with Crippen LogP contribution in [-0.4, -0.2) is 22.7 Å². The summed E-state index contributed by atoms with van der Waals surface area (Å²) in [6, 6.07) is 19.7. The number of likely N-dealkylation sites (N-methyl/N-ethyl adjacent to an activating group) is 1. The first kappa shape index (κ1) is 16.0. The summed E-state index contributed by atoms with van der Waals surface area (Å²) in [5, 5.41) is 4.61. The largest absolute Gasteiger partial charge is 0.315 e. The van der Waals surface area contributed by atoms with Crippen LogP contribution in [0, 0.1) is 13.8 Å². The highest BCUT2D eigenvalue weighted by Gasteiger charge is 2.18. The number of para-hydroxylation sites is 2. The predicted molar refractivity (Wildman–Crippen MR) is 96.6 cm³/mol. The monoisotopic (exact) mass is 319 g/mol. The average Bonchev–Trinajstić information content (AvgIpc) is 2.90. The molecule has 0 spiro atoms.